The summed E-state index contributed by atoms with van der Waals surface area (Å²) in [5.41, 5.74) is -4.40. The van der Waals surface area contributed by atoms with E-state index >= 15 is 0 Å². The topological polar surface area (TPSA) is 46.2 Å². The van der Waals surface area contributed by atoms with Crippen molar-refractivity contribution in [3.63, 3.8) is 0 Å². The molecule has 0 unspecified atom stereocenters. The second kappa shape index (κ2) is 6.21. The zero-order valence-corrected chi connectivity index (χ0v) is 12.7. The molecule has 0 aliphatic carbocycles. The van der Waals surface area contributed by atoms with E-state index in [0.29, 0.717) is 0 Å². The Kier molecular flexibility index (Phi) is 4.73. The third-order valence-electron chi connectivity index (χ3n) is 2.97. The highest BCUT2D eigenvalue weighted by Crippen LogP contribution is 2.38. The Morgan fingerprint density at radius 2 is 1.28 bits per heavy atom. The van der Waals surface area contributed by atoms with E-state index in [1.165, 1.54) is 10.8 Å². The number of hydrogen-bond acceptors (Lipinski definition) is 2. The van der Waals surface area contributed by atoms with Crippen molar-refractivity contribution < 1.29 is 39.2 Å². The van der Waals surface area contributed by atoms with Crippen LogP contribution in [0.15, 0.2) is 47.4 Å². The zero-order valence-electron chi connectivity index (χ0n) is 11.9. The predicted octanol–water partition coefficient (Wildman–Crippen LogP) is 4.66. The summed E-state index contributed by atoms with van der Waals surface area (Å²) in [7, 11) is -4.73. The Hall–Kier alpha value is -2.30. The van der Waals surface area contributed by atoms with Crippen molar-refractivity contribution in [2.24, 2.45) is 0 Å². The molecule has 0 saturated carbocycles. The van der Waals surface area contributed by atoms with Crippen molar-refractivity contribution in [1.82, 2.24) is 0 Å². The van der Waals surface area contributed by atoms with E-state index in [1.807, 2.05) is 0 Å². The summed E-state index contributed by atoms with van der Waals surface area (Å²) in [5.74, 6) is -1.21. The molecule has 136 valence electrons. The lowest BCUT2D eigenvalue weighted by molar-refractivity contribution is -0.143. The van der Waals surface area contributed by atoms with E-state index in [0.717, 1.165) is 18.2 Å². The molecule has 0 amide bonds. The summed E-state index contributed by atoms with van der Waals surface area (Å²) in [5, 5.41) is 0. The summed E-state index contributed by atoms with van der Waals surface area (Å²) in [6.07, 6.45) is -10.3. The van der Waals surface area contributed by atoms with Crippen LogP contribution in [0.25, 0.3) is 0 Å². The van der Waals surface area contributed by atoms with Gasteiger partial charge in [-0.05, 0) is 30.3 Å². The van der Waals surface area contributed by atoms with E-state index in [-0.39, 0.29) is 18.2 Å². The van der Waals surface area contributed by atoms with Crippen LogP contribution in [-0.2, 0) is 22.4 Å². The summed E-state index contributed by atoms with van der Waals surface area (Å²) in [4.78, 5) is -0.916. The highest BCUT2D eigenvalue weighted by Gasteiger charge is 2.37. The van der Waals surface area contributed by atoms with E-state index in [9.17, 15) is 39.2 Å². The molecule has 0 fully saturated rings. The van der Waals surface area contributed by atoms with Gasteiger partial charge >= 0.3 is 12.4 Å². The van der Waals surface area contributed by atoms with E-state index in [4.69, 9.17) is 0 Å². The monoisotopic (exact) mass is 387 g/mol. The van der Waals surface area contributed by atoms with Gasteiger partial charge in [0.25, 0.3) is 10.0 Å². The molecule has 0 aliphatic rings. The number of rotatable bonds is 3. The lowest BCUT2D eigenvalue weighted by Gasteiger charge is -2.15. The molecular formula is C14H8F7NO2S. The van der Waals surface area contributed by atoms with Gasteiger partial charge in [0.15, 0.2) is 0 Å². The molecular weight excluding hydrogens is 379 g/mol. The number of alkyl halides is 6. The molecule has 1 N–H and O–H groups in total. The molecule has 11 heteroatoms. The first-order chi connectivity index (χ1) is 11.3. The Morgan fingerprint density at radius 1 is 0.800 bits per heavy atom. The maximum Gasteiger partial charge on any atom is 0.416 e. The number of anilines is 1. The first-order valence-corrected chi connectivity index (χ1v) is 7.86. The van der Waals surface area contributed by atoms with Crippen molar-refractivity contribution in [2.45, 2.75) is 17.2 Å². The number of sulfonamides is 1. The minimum Gasteiger partial charge on any atom is -0.280 e. The second-order valence-electron chi connectivity index (χ2n) is 4.83. The van der Waals surface area contributed by atoms with Gasteiger partial charge in [-0.1, -0.05) is 12.1 Å². The van der Waals surface area contributed by atoms with Crippen LogP contribution in [0.4, 0.5) is 36.4 Å². The minimum atomic E-state index is -5.14. The fourth-order valence-electron chi connectivity index (χ4n) is 1.89. The van der Waals surface area contributed by atoms with Gasteiger partial charge in [-0.15, -0.1) is 0 Å². The highest BCUT2D eigenvalue weighted by molar-refractivity contribution is 7.92. The van der Waals surface area contributed by atoms with Crippen LogP contribution in [0.3, 0.4) is 0 Å². The Balaban J connectivity index is 2.54. The fourth-order valence-corrected chi connectivity index (χ4v) is 3.01. The number of benzene rings is 2. The first kappa shape index (κ1) is 19.0. The standard InChI is InChI=1S/C14H8F7NO2S/c15-11-3-1-2-4-12(11)25(23,24)22-10-6-8(13(16,17)18)5-9(7-10)14(19,20)21/h1-7,22H. The quantitative estimate of drug-likeness (QED) is 0.779. The molecule has 0 saturated heterocycles. The number of halogens is 7. The summed E-state index contributed by atoms with van der Waals surface area (Å²) in [6.45, 7) is 0. The van der Waals surface area contributed by atoms with Gasteiger partial charge in [0.05, 0.1) is 16.8 Å². The average molecular weight is 387 g/mol. The average Bonchev–Trinajstić information content (AvgIpc) is 2.44. The summed E-state index contributed by atoms with van der Waals surface area (Å²) >= 11 is 0. The number of nitrogens with one attached hydrogen (secondary N) is 1. The molecule has 2 aromatic carbocycles. The van der Waals surface area contributed by atoms with Crippen LogP contribution < -0.4 is 4.72 Å². The largest absolute Gasteiger partial charge is 0.416 e. The fraction of sp³-hybridized carbons (Fsp3) is 0.143. The third kappa shape index (κ3) is 4.41. The summed E-state index contributed by atoms with van der Waals surface area (Å²) in [6, 6.07) is 4.13. The van der Waals surface area contributed by atoms with Gasteiger partial charge in [0, 0.05) is 0 Å². The molecule has 0 radical (unpaired) electrons. The smallest absolute Gasteiger partial charge is 0.280 e. The third-order valence-corrected chi connectivity index (χ3v) is 4.38. The Labute approximate surface area is 137 Å². The van der Waals surface area contributed by atoms with Gasteiger partial charge in [-0.2, -0.15) is 26.3 Å². The molecule has 0 spiro atoms. The molecule has 3 nitrogen and oxygen atoms in total. The lowest BCUT2D eigenvalue weighted by atomic mass is 10.1. The maximum atomic E-state index is 13.5. The highest BCUT2D eigenvalue weighted by atomic mass is 32.2. The van der Waals surface area contributed by atoms with Gasteiger partial charge in [0.1, 0.15) is 10.7 Å². The molecule has 0 atom stereocenters. The van der Waals surface area contributed by atoms with Gasteiger partial charge in [-0.3, -0.25) is 4.72 Å². The van der Waals surface area contributed by atoms with E-state index < -0.39 is 49.9 Å². The normalized spacial score (nSPS) is 12.9. The molecule has 0 bridgehead atoms. The predicted molar refractivity (Wildman–Crippen MR) is 73.7 cm³/mol. The molecule has 0 aromatic heterocycles. The van der Waals surface area contributed by atoms with Crippen molar-refractivity contribution in [3.8, 4) is 0 Å². The van der Waals surface area contributed by atoms with E-state index in [2.05, 4.69) is 0 Å². The van der Waals surface area contributed by atoms with Crippen LogP contribution in [0, 0.1) is 5.82 Å². The Bertz CT molecular complexity index is 857. The van der Waals surface area contributed by atoms with Crippen molar-refractivity contribution in [1.29, 1.82) is 0 Å². The minimum absolute atomic E-state index is 0.152. The SMILES string of the molecule is O=S(=O)(Nc1cc(C(F)(F)F)cc(C(F)(F)F)c1)c1ccccc1F. The van der Waals surface area contributed by atoms with Crippen LogP contribution in [0.2, 0.25) is 0 Å². The molecule has 2 rings (SSSR count). The first-order valence-electron chi connectivity index (χ1n) is 6.37. The van der Waals surface area contributed by atoms with Gasteiger partial charge in [0.2, 0.25) is 0 Å². The maximum absolute atomic E-state index is 13.5. The van der Waals surface area contributed by atoms with E-state index in [1.54, 1.807) is 0 Å². The van der Waals surface area contributed by atoms with Crippen LogP contribution >= 0.6 is 0 Å². The van der Waals surface area contributed by atoms with Gasteiger partial charge < -0.3 is 0 Å². The van der Waals surface area contributed by atoms with Crippen LogP contribution in [0.5, 0.6) is 0 Å². The molecule has 2 aromatic rings. The van der Waals surface area contributed by atoms with Crippen molar-refractivity contribution in [2.75, 3.05) is 4.72 Å². The van der Waals surface area contributed by atoms with Crippen molar-refractivity contribution >= 4 is 15.7 Å². The summed E-state index contributed by atoms with van der Waals surface area (Å²) < 4.78 is 116. The second-order valence-corrected chi connectivity index (χ2v) is 6.48. The molecule has 25 heavy (non-hydrogen) atoms. The van der Waals surface area contributed by atoms with Gasteiger partial charge in [-0.25, -0.2) is 12.8 Å². The number of hydrogen-bond donors (Lipinski definition) is 1. The molecule has 0 aliphatic heterocycles. The van der Waals surface area contributed by atoms with Crippen LogP contribution in [0.1, 0.15) is 11.1 Å². The Morgan fingerprint density at radius 3 is 1.72 bits per heavy atom. The zero-order chi connectivity index (χ0) is 19.0. The lowest BCUT2D eigenvalue weighted by Crippen LogP contribution is -2.17. The molecule has 0 heterocycles. The van der Waals surface area contributed by atoms with Crippen LogP contribution in [-0.4, -0.2) is 8.42 Å². The van der Waals surface area contributed by atoms with Crippen molar-refractivity contribution in [3.05, 3.63) is 59.4 Å².